The van der Waals surface area contributed by atoms with E-state index in [-0.39, 0.29) is 12.0 Å². The van der Waals surface area contributed by atoms with E-state index in [9.17, 15) is 9.59 Å². The number of carboxylic acid groups (broad SMARTS) is 2. The highest BCUT2D eigenvalue weighted by Gasteiger charge is 2.44. The van der Waals surface area contributed by atoms with Gasteiger partial charge in [0, 0.05) is 6.04 Å². The molecule has 0 radical (unpaired) electrons. The number of carboxylic acids is 1. The van der Waals surface area contributed by atoms with E-state index in [1.54, 1.807) is 6.08 Å². The summed E-state index contributed by atoms with van der Waals surface area (Å²) < 4.78 is 0. The number of carbonyl (C=O) groups is 2. The molecule has 0 aliphatic carbocycles. The van der Waals surface area contributed by atoms with Crippen molar-refractivity contribution in [3.8, 4) is 0 Å². The highest BCUT2D eigenvalue weighted by atomic mass is 16.4. The third kappa shape index (κ3) is 2.11. The molecular formula is C10H15NO4. The van der Waals surface area contributed by atoms with E-state index < -0.39 is 18.1 Å². The van der Waals surface area contributed by atoms with Crippen molar-refractivity contribution in [2.75, 3.05) is 0 Å². The van der Waals surface area contributed by atoms with Gasteiger partial charge in [0.05, 0.1) is 0 Å². The van der Waals surface area contributed by atoms with Crippen LogP contribution in [0.25, 0.3) is 0 Å². The third-order valence-corrected chi connectivity index (χ3v) is 2.86. The van der Waals surface area contributed by atoms with Crippen molar-refractivity contribution in [2.24, 2.45) is 5.92 Å². The summed E-state index contributed by atoms with van der Waals surface area (Å²) in [5.74, 6) is -1.02. The Labute approximate surface area is 88.0 Å². The molecule has 1 unspecified atom stereocenters. The second-order valence-corrected chi connectivity index (χ2v) is 3.85. The largest absolute Gasteiger partial charge is 0.480 e. The Balaban J connectivity index is 2.92. The average molecular weight is 213 g/mol. The second-order valence-electron chi connectivity index (χ2n) is 3.85. The zero-order valence-electron chi connectivity index (χ0n) is 8.59. The Hall–Kier alpha value is -1.52. The van der Waals surface area contributed by atoms with Crippen molar-refractivity contribution in [1.29, 1.82) is 0 Å². The summed E-state index contributed by atoms with van der Waals surface area (Å²) in [5.41, 5.74) is 0. The average Bonchev–Trinajstić information content (AvgIpc) is 2.45. The number of aliphatic carboxylic acids is 1. The molecule has 2 N–H and O–H groups in total. The first-order valence-electron chi connectivity index (χ1n) is 4.84. The molecule has 0 spiro atoms. The zero-order valence-corrected chi connectivity index (χ0v) is 8.59. The summed E-state index contributed by atoms with van der Waals surface area (Å²) in [4.78, 5) is 22.9. The molecule has 5 heteroatoms. The van der Waals surface area contributed by atoms with E-state index in [0.29, 0.717) is 12.8 Å². The second kappa shape index (κ2) is 4.33. The fourth-order valence-electron chi connectivity index (χ4n) is 2.14. The lowest BCUT2D eigenvalue weighted by Gasteiger charge is -2.25. The van der Waals surface area contributed by atoms with Crippen LogP contribution in [-0.2, 0) is 4.79 Å². The normalized spacial score (nSPS) is 30.2. The monoisotopic (exact) mass is 213 g/mol. The lowest BCUT2D eigenvalue weighted by Crippen LogP contribution is -2.44. The van der Waals surface area contributed by atoms with Gasteiger partial charge in [0.15, 0.2) is 0 Å². The lowest BCUT2D eigenvalue weighted by atomic mass is 9.99. The Morgan fingerprint density at radius 1 is 1.53 bits per heavy atom. The van der Waals surface area contributed by atoms with Crippen LogP contribution >= 0.6 is 0 Å². The van der Waals surface area contributed by atoms with Crippen molar-refractivity contribution >= 4 is 12.1 Å². The van der Waals surface area contributed by atoms with Gasteiger partial charge in [-0.25, -0.2) is 9.59 Å². The number of hydrogen-bond donors (Lipinski definition) is 2. The van der Waals surface area contributed by atoms with E-state index in [0.717, 1.165) is 4.90 Å². The van der Waals surface area contributed by atoms with Gasteiger partial charge >= 0.3 is 12.1 Å². The van der Waals surface area contributed by atoms with Gasteiger partial charge in [-0.05, 0) is 18.8 Å². The molecule has 3 atom stereocenters. The van der Waals surface area contributed by atoms with Crippen LogP contribution in [0.5, 0.6) is 0 Å². The Kier molecular flexibility index (Phi) is 3.34. The summed E-state index contributed by atoms with van der Waals surface area (Å²) in [6, 6.07) is -1.18. The maximum absolute atomic E-state index is 11.0. The van der Waals surface area contributed by atoms with Gasteiger partial charge in [-0.15, -0.1) is 6.58 Å². The molecular weight excluding hydrogens is 198 g/mol. The highest BCUT2D eigenvalue weighted by molar-refractivity contribution is 5.80. The first kappa shape index (κ1) is 11.6. The number of nitrogens with zero attached hydrogens (tertiary/aromatic N) is 1. The maximum Gasteiger partial charge on any atom is 0.408 e. The van der Waals surface area contributed by atoms with Gasteiger partial charge < -0.3 is 10.2 Å². The van der Waals surface area contributed by atoms with Crippen LogP contribution in [0.3, 0.4) is 0 Å². The van der Waals surface area contributed by atoms with E-state index in [4.69, 9.17) is 10.2 Å². The molecule has 84 valence electrons. The highest BCUT2D eigenvalue weighted by Crippen LogP contribution is 2.32. The van der Waals surface area contributed by atoms with Crippen LogP contribution < -0.4 is 0 Å². The molecule has 0 saturated carbocycles. The van der Waals surface area contributed by atoms with Crippen LogP contribution in [0, 0.1) is 5.92 Å². The fourth-order valence-corrected chi connectivity index (χ4v) is 2.14. The van der Waals surface area contributed by atoms with Gasteiger partial charge in [0.2, 0.25) is 0 Å². The molecule has 0 aromatic heterocycles. The Morgan fingerprint density at radius 2 is 2.13 bits per heavy atom. The zero-order chi connectivity index (χ0) is 11.6. The van der Waals surface area contributed by atoms with Crippen molar-refractivity contribution in [2.45, 2.75) is 31.8 Å². The standard InChI is InChI=1S/C10H15NO4/c1-3-4-7-6(2)5-8(9(12)13)11(7)10(14)15/h3,6-8H,1,4-5H2,2H3,(H,12,13)(H,14,15)/t6-,7?,8-/m0/s1. The fraction of sp³-hybridized carbons (Fsp3) is 0.600. The van der Waals surface area contributed by atoms with Crippen molar-refractivity contribution in [1.82, 2.24) is 4.90 Å². The summed E-state index contributed by atoms with van der Waals surface area (Å²) in [7, 11) is 0. The molecule has 15 heavy (non-hydrogen) atoms. The number of amides is 1. The van der Waals surface area contributed by atoms with Crippen molar-refractivity contribution in [3.63, 3.8) is 0 Å². The Bertz CT molecular complexity index is 289. The van der Waals surface area contributed by atoms with Gasteiger partial charge in [-0.3, -0.25) is 4.90 Å². The molecule has 1 fully saturated rings. The summed E-state index contributed by atoms with van der Waals surface area (Å²) in [6.07, 6.45) is 1.33. The van der Waals surface area contributed by atoms with Crippen LogP contribution in [0.15, 0.2) is 12.7 Å². The van der Waals surface area contributed by atoms with E-state index in [2.05, 4.69) is 6.58 Å². The molecule has 0 aromatic rings. The van der Waals surface area contributed by atoms with Crippen LogP contribution in [0.2, 0.25) is 0 Å². The maximum atomic E-state index is 11.0. The minimum Gasteiger partial charge on any atom is -0.480 e. The van der Waals surface area contributed by atoms with Gasteiger partial charge in [-0.1, -0.05) is 13.0 Å². The quantitative estimate of drug-likeness (QED) is 0.695. The molecule has 1 heterocycles. The molecule has 0 bridgehead atoms. The SMILES string of the molecule is C=CCC1[C@@H](C)C[C@@H](C(=O)O)N1C(=O)O. The molecule has 1 aliphatic rings. The lowest BCUT2D eigenvalue weighted by molar-refractivity contribution is -0.142. The van der Waals surface area contributed by atoms with Crippen LogP contribution in [0.4, 0.5) is 4.79 Å². The van der Waals surface area contributed by atoms with Crippen LogP contribution in [0.1, 0.15) is 19.8 Å². The Morgan fingerprint density at radius 3 is 2.53 bits per heavy atom. The molecule has 1 saturated heterocycles. The first-order chi connectivity index (χ1) is 6.99. The summed E-state index contributed by atoms with van der Waals surface area (Å²) in [5, 5.41) is 17.9. The molecule has 1 aliphatic heterocycles. The molecule has 1 amide bonds. The van der Waals surface area contributed by atoms with Gasteiger partial charge in [0.1, 0.15) is 6.04 Å². The number of hydrogen-bond acceptors (Lipinski definition) is 2. The smallest absolute Gasteiger partial charge is 0.408 e. The van der Waals surface area contributed by atoms with Gasteiger partial charge in [-0.2, -0.15) is 0 Å². The molecule has 1 rings (SSSR count). The number of likely N-dealkylation sites (tertiary alicyclic amines) is 1. The topological polar surface area (TPSA) is 77.8 Å². The summed E-state index contributed by atoms with van der Waals surface area (Å²) in [6.45, 7) is 5.42. The minimum absolute atomic E-state index is 0.0557. The van der Waals surface area contributed by atoms with Crippen molar-refractivity contribution in [3.05, 3.63) is 12.7 Å². The predicted molar refractivity (Wildman–Crippen MR) is 53.7 cm³/mol. The van der Waals surface area contributed by atoms with E-state index in [1.165, 1.54) is 0 Å². The first-order valence-corrected chi connectivity index (χ1v) is 4.84. The predicted octanol–water partition coefficient (Wildman–Crippen LogP) is 1.40. The molecule has 0 aromatic carbocycles. The summed E-state index contributed by atoms with van der Waals surface area (Å²) >= 11 is 0. The van der Waals surface area contributed by atoms with Gasteiger partial charge in [0.25, 0.3) is 0 Å². The van der Waals surface area contributed by atoms with E-state index in [1.807, 2.05) is 6.92 Å². The van der Waals surface area contributed by atoms with Crippen LogP contribution in [-0.4, -0.2) is 39.3 Å². The molecule has 5 nitrogen and oxygen atoms in total. The minimum atomic E-state index is -1.17. The number of rotatable bonds is 3. The van der Waals surface area contributed by atoms with Crippen molar-refractivity contribution < 1.29 is 19.8 Å². The third-order valence-electron chi connectivity index (χ3n) is 2.86. The van der Waals surface area contributed by atoms with E-state index >= 15 is 0 Å².